The number of aromatic nitrogens is 6. The number of carbonyl (C=O) groups excluding carboxylic acids is 1. The van der Waals surface area contributed by atoms with E-state index in [0.29, 0.717) is 48.9 Å². The Morgan fingerprint density at radius 2 is 1.98 bits per heavy atom. The van der Waals surface area contributed by atoms with Gasteiger partial charge in [0.25, 0.3) is 5.91 Å². The number of pyridine rings is 1. The molecule has 2 saturated carbocycles. The van der Waals surface area contributed by atoms with Crippen molar-refractivity contribution in [1.29, 1.82) is 0 Å². The summed E-state index contributed by atoms with van der Waals surface area (Å²) in [6.45, 7) is 2.61. The molecule has 10 heteroatoms. The first-order valence-electron chi connectivity index (χ1n) is 16.2. The first-order chi connectivity index (χ1) is 22.6. The standard InChI is InChI=1S/C36H33N7O3/c1-45-31-16-24(36(44)41-20-25-12-23-15-28(41)32(23)25)13-26-33(31)42-18-21-17-38-43(19-21)27-7-2-3-8-30(27)46-11-5-10-40-29(35(42)39-26)14-22-6-4-9-37-34(22)40/h2-4,6-9,13-14,16-17,19,23,25,28,32H,5,10-12,15,18,20H2,1H3/t23?,25?,28?,32-/m1/s1. The van der Waals surface area contributed by atoms with E-state index in [1.807, 2.05) is 65.7 Å². The molecule has 0 N–H and O–H groups in total. The molecular formula is C36H33N7O3. The molecule has 1 saturated heterocycles. The molecule has 10 rings (SSSR count). The lowest BCUT2D eigenvalue weighted by Crippen LogP contribution is -2.53. The van der Waals surface area contributed by atoms with Crippen LogP contribution in [0.1, 0.15) is 35.2 Å². The predicted octanol–water partition coefficient (Wildman–Crippen LogP) is 5.56. The zero-order valence-corrected chi connectivity index (χ0v) is 25.5. The number of para-hydroxylation sites is 2. The van der Waals surface area contributed by atoms with Crippen LogP contribution < -0.4 is 9.47 Å². The molecule has 3 fully saturated rings. The number of carbonyl (C=O) groups is 1. The van der Waals surface area contributed by atoms with E-state index >= 15 is 0 Å². The second-order valence-electron chi connectivity index (χ2n) is 13.2. The molecule has 2 aromatic carbocycles. The normalized spacial score (nSPS) is 22.9. The van der Waals surface area contributed by atoms with Gasteiger partial charge in [-0.1, -0.05) is 12.1 Å². The molecule has 0 radical (unpaired) electrons. The highest BCUT2D eigenvalue weighted by Crippen LogP contribution is 2.60. The minimum absolute atomic E-state index is 0.0887. The number of ether oxygens (including phenoxy) is 2. The fraction of sp³-hybridized carbons (Fsp3) is 0.333. The van der Waals surface area contributed by atoms with Crippen molar-refractivity contribution in [3.63, 3.8) is 0 Å². The summed E-state index contributed by atoms with van der Waals surface area (Å²) in [4.78, 5) is 26.2. The SMILES string of the molecule is COc1cc(C(=O)N2CC3CC4CC2[C@H]43)cc2nc3n(c12)Cc1cnn(c1)-c1ccccc1OCCCn1c-3cc2cccnc21. The second-order valence-corrected chi connectivity index (χ2v) is 13.2. The number of aryl methyl sites for hydroxylation is 1. The van der Waals surface area contributed by atoms with Crippen molar-refractivity contribution in [1.82, 2.24) is 33.8 Å². The van der Waals surface area contributed by atoms with Gasteiger partial charge < -0.3 is 23.5 Å². The lowest BCUT2D eigenvalue weighted by molar-refractivity contribution is -0.0204. The number of imidazole rings is 1. The van der Waals surface area contributed by atoms with Gasteiger partial charge in [0.15, 0.2) is 5.82 Å². The Morgan fingerprint density at radius 1 is 1.04 bits per heavy atom. The van der Waals surface area contributed by atoms with E-state index < -0.39 is 0 Å². The average molecular weight is 612 g/mol. The molecule has 3 unspecified atom stereocenters. The van der Waals surface area contributed by atoms with Gasteiger partial charge in [0.2, 0.25) is 0 Å². The Hall–Kier alpha value is -5.12. The molecule has 1 amide bonds. The van der Waals surface area contributed by atoms with Gasteiger partial charge in [-0.2, -0.15) is 5.10 Å². The van der Waals surface area contributed by atoms with Crippen molar-refractivity contribution < 1.29 is 14.3 Å². The maximum absolute atomic E-state index is 14.0. The summed E-state index contributed by atoms with van der Waals surface area (Å²) in [6, 6.07) is 18.5. The van der Waals surface area contributed by atoms with E-state index in [1.54, 1.807) is 7.11 Å². The number of nitrogens with zero attached hydrogens (tertiary/aromatic N) is 7. The van der Waals surface area contributed by atoms with Crippen LogP contribution in [0.5, 0.6) is 11.5 Å². The molecule has 46 heavy (non-hydrogen) atoms. The Kier molecular flexibility index (Phi) is 5.50. The minimum atomic E-state index is 0.0887. The molecule has 4 atom stereocenters. The van der Waals surface area contributed by atoms with Crippen LogP contribution in [0, 0.1) is 17.8 Å². The van der Waals surface area contributed by atoms with E-state index in [4.69, 9.17) is 24.5 Å². The monoisotopic (exact) mass is 611 g/mol. The number of rotatable bonds is 2. The summed E-state index contributed by atoms with van der Waals surface area (Å²) in [5.41, 5.74) is 5.99. The van der Waals surface area contributed by atoms with Crippen LogP contribution in [0.3, 0.4) is 0 Å². The van der Waals surface area contributed by atoms with Crippen LogP contribution in [0.15, 0.2) is 73.2 Å². The molecule has 2 aliphatic heterocycles. The molecule has 6 aromatic rings. The Morgan fingerprint density at radius 3 is 2.87 bits per heavy atom. The highest BCUT2D eigenvalue weighted by Gasteiger charge is 2.61. The molecule has 230 valence electrons. The van der Waals surface area contributed by atoms with Crippen LogP contribution in [-0.2, 0) is 13.1 Å². The fourth-order valence-corrected chi connectivity index (χ4v) is 8.65. The zero-order valence-electron chi connectivity index (χ0n) is 25.5. The van der Waals surface area contributed by atoms with Crippen molar-refractivity contribution in [3.05, 3.63) is 84.3 Å². The number of fused-ring (bicyclic) bond motifs is 11. The van der Waals surface area contributed by atoms with Gasteiger partial charge in [0.1, 0.15) is 28.4 Å². The number of benzene rings is 2. The van der Waals surface area contributed by atoms with Crippen LogP contribution in [-0.4, -0.2) is 66.0 Å². The van der Waals surface area contributed by atoms with Gasteiger partial charge in [-0.3, -0.25) is 4.79 Å². The van der Waals surface area contributed by atoms with Crippen molar-refractivity contribution in [2.24, 2.45) is 17.8 Å². The van der Waals surface area contributed by atoms with Gasteiger partial charge in [-0.15, -0.1) is 0 Å². The first kappa shape index (κ1) is 26.1. The van der Waals surface area contributed by atoms with Gasteiger partial charge in [-0.05, 0) is 79.5 Å². The average Bonchev–Trinajstić information content (AvgIpc) is 3.79. The van der Waals surface area contributed by atoms with Crippen LogP contribution in [0.25, 0.3) is 39.3 Å². The Labute approximate surface area is 265 Å². The summed E-state index contributed by atoms with van der Waals surface area (Å²) >= 11 is 0. The predicted molar refractivity (Wildman–Crippen MR) is 172 cm³/mol. The molecule has 10 nitrogen and oxygen atoms in total. The largest absolute Gasteiger partial charge is 0.494 e. The van der Waals surface area contributed by atoms with Gasteiger partial charge in [0, 0.05) is 48.0 Å². The van der Waals surface area contributed by atoms with Crippen LogP contribution in [0.4, 0.5) is 0 Å². The summed E-state index contributed by atoms with van der Waals surface area (Å²) < 4.78 is 18.7. The third-order valence-corrected chi connectivity index (χ3v) is 10.8. The number of methoxy groups -OCH3 is 1. The molecule has 4 aromatic heterocycles. The summed E-state index contributed by atoms with van der Waals surface area (Å²) in [7, 11) is 1.68. The fourth-order valence-electron chi connectivity index (χ4n) is 8.65. The van der Waals surface area contributed by atoms with Crippen molar-refractivity contribution in [2.75, 3.05) is 20.3 Å². The Bertz CT molecular complexity index is 2190. The van der Waals surface area contributed by atoms with E-state index in [-0.39, 0.29) is 5.91 Å². The van der Waals surface area contributed by atoms with E-state index in [0.717, 1.165) is 75.9 Å². The van der Waals surface area contributed by atoms with Crippen LogP contribution >= 0.6 is 0 Å². The topological polar surface area (TPSA) is 92.2 Å². The summed E-state index contributed by atoms with van der Waals surface area (Å²) in [6.07, 6.45) is 8.96. The number of hydrogen-bond donors (Lipinski definition) is 0. The number of likely N-dealkylation sites (tertiary alicyclic amines) is 1. The molecule has 6 heterocycles. The van der Waals surface area contributed by atoms with E-state index in [1.165, 1.54) is 6.42 Å². The maximum atomic E-state index is 14.0. The van der Waals surface area contributed by atoms with Gasteiger partial charge in [0.05, 0.1) is 37.7 Å². The van der Waals surface area contributed by atoms with E-state index in [9.17, 15) is 4.79 Å². The third-order valence-electron chi connectivity index (χ3n) is 10.8. The molecular weight excluding hydrogens is 578 g/mol. The lowest BCUT2D eigenvalue weighted by Gasteiger charge is -2.52. The summed E-state index contributed by atoms with van der Waals surface area (Å²) in [5, 5.41) is 5.77. The summed E-state index contributed by atoms with van der Waals surface area (Å²) in [5.74, 6) is 4.54. The first-order valence-corrected chi connectivity index (χ1v) is 16.2. The molecule has 2 bridgehead atoms. The zero-order chi connectivity index (χ0) is 30.5. The molecule has 4 aliphatic rings. The highest BCUT2D eigenvalue weighted by atomic mass is 16.5. The maximum Gasteiger partial charge on any atom is 0.254 e. The van der Waals surface area contributed by atoms with E-state index in [2.05, 4.69) is 26.2 Å². The highest BCUT2D eigenvalue weighted by molar-refractivity contribution is 6.00. The van der Waals surface area contributed by atoms with Gasteiger partial charge >= 0.3 is 0 Å². The van der Waals surface area contributed by atoms with Gasteiger partial charge in [-0.25, -0.2) is 14.6 Å². The second kappa shape index (κ2) is 9.69. The third kappa shape index (κ3) is 3.69. The lowest BCUT2D eigenvalue weighted by atomic mass is 9.53. The van der Waals surface area contributed by atoms with Crippen LogP contribution in [0.2, 0.25) is 0 Å². The number of amides is 1. The van der Waals surface area contributed by atoms with Crippen molar-refractivity contribution >= 4 is 28.0 Å². The number of hydrogen-bond acceptors (Lipinski definition) is 6. The van der Waals surface area contributed by atoms with Crippen molar-refractivity contribution in [3.8, 4) is 28.7 Å². The Balaban J connectivity index is 1.16. The molecule has 2 aliphatic carbocycles. The minimum Gasteiger partial charge on any atom is -0.494 e. The van der Waals surface area contributed by atoms with Crippen molar-refractivity contribution in [2.45, 2.75) is 38.4 Å². The molecule has 0 spiro atoms. The quantitative estimate of drug-likeness (QED) is 0.255. The smallest absolute Gasteiger partial charge is 0.254 e.